The molecule has 30 heavy (non-hydrogen) atoms. The first kappa shape index (κ1) is 19.9. The molecule has 0 spiro atoms. The predicted molar refractivity (Wildman–Crippen MR) is 119 cm³/mol. The Morgan fingerprint density at radius 2 is 1.50 bits per heavy atom. The van der Waals surface area contributed by atoms with E-state index in [1.807, 2.05) is 91.0 Å². The summed E-state index contributed by atoms with van der Waals surface area (Å²) in [6.45, 7) is 0.489. The predicted octanol–water partition coefficient (Wildman–Crippen LogP) is 4.53. The van der Waals surface area contributed by atoms with Gasteiger partial charge in [0.05, 0.1) is 0 Å². The Morgan fingerprint density at radius 1 is 0.900 bits per heavy atom. The van der Waals surface area contributed by atoms with Gasteiger partial charge in [-0.2, -0.15) is 0 Å². The SMILES string of the molecule is O=C(c1ccccc1)C(Sc1n[nH]c(=O)n1CCc1ccccc1)c1ccccc1. The number of aromatic amines is 1. The van der Waals surface area contributed by atoms with Crippen molar-refractivity contribution in [1.29, 1.82) is 0 Å². The largest absolute Gasteiger partial charge is 0.343 e. The molecule has 6 heteroatoms. The molecule has 0 bridgehead atoms. The van der Waals surface area contributed by atoms with E-state index in [0.29, 0.717) is 23.7 Å². The van der Waals surface area contributed by atoms with Gasteiger partial charge < -0.3 is 0 Å². The summed E-state index contributed by atoms with van der Waals surface area (Å²) in [7, 11) is 0. The maximum absolute atomic E-state index is 13.3. The summed E-state index contributed by atoms with van der Waals surface area (Å²) >= 11 is 1.30. The number of hydrogen-bond acceptors (Lipinski definition) is 4. The molecule has 0 fully saturated rings. The van der Waals surface area contributed by atoms with Gasteiger partial charge in [-0.3, -0.25) is 9.36 Å². The van der Waals surface area contributed by atoms with E-state index in [9.17, 15) is 9.59 Å². The highest BCUT2D eigenvalue weighted by Crippen LogP contribution is 2.36. The van der Waals surface area contributed by atoms with Gasteiger partial charge in [0.2, 0.25) is 0 Å². The van der Waals surface area contributed by atoms with Crippen LogP contribution in [0.4, 0.5) is 0 Å². The number of ketones is 1. The number of nitrogens with zero attached hydrogens (tertiary/aromatic N) is 2. The van der Waals surface area contributed by atoms with Crippen molar-refractivity contribution >= 4 is 17.5 Å². The van der Waals surface area contributed by atoms with Crippen molar-refractivity contribution in [2.45, 2.75) is 23.4 Å². The number of H-pyrrole nitrogens is 1. The van der Waals surface area contributed by atoms with E-state index >= 15 is 0 Å². The molecule has 0 aliphatic heterocycles. The lowest BCUT2D eigenvalue weighted by molar-refractivity contribution is 0.0989. The summed E-state index contributed by atoms with van der Waals surface area (Å²) in [4.78, 5) is 25.7. The Morgan fingerprint density at radius 3 is 2.17 bits per heavy atom. The van der Waals surface area contributed by atoms with Gasteiger partial charge >= 0.3 is 5.69 Å². The Labute approximate surface area is 178 Å². The van der Waals surface area contributed by atoms with E-state index in [1.54, 1.807) is 4.57 Å². The molecule has 1 heterocycles. The van der Waals surface area contributed by atoms with Gasteiger partial charge in [-0.15, -0.1) is 5.10 Å². The van der Waals surface area contributed by atoms with Gasteiger partial charge in [-0.05, 0) is 17.5 Å². The Bertz CT molecular complexity index is 1160. The number of aryl methyl sites for hydroxylation is 1. The molecule has 1 unspecified atom stereocenters. The molecule has 4 rings (SSSR count). The maximum Gasteiger partial charge on any atom is 0.343 e. The van der Waals surface area contributed by atoms with E-state index in [1.165, 1.54) is 11.8 Å². The van der Waals surface area contributed by atoms with Crippen molar-refractivity contribution in [1.82, 2.24) is 14.8 Å². The molecule has 1 atom stereocenters. The Kier molecular flexibility index (Phi) is 6.25. The molecule has 4 aromatic rings. The van der Waals surface area contributed by atoms with Gasteiger partial charge in [-0.25, -0.2) is 9.89 Å². The zero-order chi connectivity index (χ0) is 20.8. The van der Waals surface area contributed by atoms with E-state index in [-0.39, 0.29) is 11.5 Å². The van der Waals surface area contributed by atoms with Crippen LogP contribution >= 0.6 is 11.8 Å². The number of aromatic nitrogens is 3. The molecular weight excluding hydrogens is 394 g/mol. The molecule has 0 aliphatic carbocycles. The third-order valence-electron chi connectivity index (χ3n) is 4.81. The molecule has 0 saturated carbocycles. The Hall–Kier alpha value is -3.38. The standard InChI is InChI=1S/C24H21N3O2S/c28-21(19-12-6-2-7-13-19)22(20-14-8-3-9-15-20)30-24-26-25-23(29)27(24)17-16-18-10-4-1-5-11-18/h1-15,22H,16-17H2,(H,25,29). The van der Waals surface area contributed by atoms with Crippen molar-refractivity contribution in [3.8, 4) is 0 Å². The lowest BCUT2D eigenvalue weighted by Gasteiger charge is -2.16. The number of carbonyl (C=O) groups is 1. The number of nitrogens with one attached hydrogen (secondary N) is 1. The zero-order valence-corrected chi connectivity index (χ0v) is 17.1. The first-order valence-electron chi connectivity index (χ1n) is 9.72. The second-order valence-corrected chi connectivity index (χ2v) is 7.91. The van der Waals surface area contributed by atoms with Crippen LogP contribution in [0, 0.1) is 0 Å². The van der Waals surface area contributed by atoms with E-state index in [4.69, 9.17) is 0 Å². The van der Waals surface area contributed by atoms with Gasteiger partial charge in [0, 0.05) is 12.1 Å². The third-order valence-corrected chi connectivity index (χ3v) is 6.06. The van der Waals surface area contributed by atoms with Crippen LogP contribution in [0.2, 0.25) is 0 Å². The van der Waals surface area contributed by atoms with Crippen LogP contribution < -0.4 is 5.69 Å². The Balaban J connectivity index is 1.62. The molecule has 3 aromatic carbocycles. The average Bonchev–Trinajstić information content (AvgIpc) is 3.16. The quantitative estimate of drug-likeness (QED) is 0.339. The lowest BCUT2D eigenvalue weighted by atomic mass is 10.0. The molecule has 0 amide bonds. The topological polar surface area (TPSA) is 67.8 Å². The van der Waals surface area contributed by atoms with Gasteiger partial charge in [-0.1, -0.05) is 103 Å². The number of hydrogen-bond donors (Lipinski definition) is 1. The monoisotopic (exact) mass is 415 g/mol. The second kappa shape index (κ2) is 9.41. The maximum atomic E-state index is 13.3. The smallest absolute Gasteiger partial charge is 0.293 e. The second-order valence-electron chi connectivity index (χ2n) is 6.84. The molecule has 0 saturated heterocycles. The lowest BCUT2D eigenvalue weighted by Crippen LogP contribution is -2.19. The number of benzene rings is 3. The molecule has 1 N–H and O–H groups in total. The van der Waals surface area contributed by atoms with Crippen molar-refractivity contribution in [3.05, 3.63) is 118 Å². The highest BCUT2D eigenvalue weighted by Gasteiger charge is 2.26. The third kappa shape index (κ3) is 4.60. The van der Waals surface area contributed by atoms with Crippen LogP contribution in [0.25, 0.3) is 0 Å². The fourth-order valence-electron chi connectivity index (χ4n) is 3.24. The van der Waals surface area contributed by atoms with Crippen LogP contribution in [-0.2, 0) is 13.0 Å². The van der Waals surface area contributed by atoms with Crippen molar-refractivity contribution in [2.75, 3.05) is 0 Å². The average molecular weight is 416 g/mol. The first-order valence-corrected chi connectivity index (χ1v) is 10.6. The molecule has 5 nitrogen and oxygen atoms in total. The molecule has 0 radical (unpaired) electrons. The van der Waals surface area contributed by atoms with Gasteiger partial charge in [0.1, 0.15) is 5.25 Å². The minimum atomic E-state index is -0.501. The molecule has 150 valence electrons. The molecular formula is C24H21N3O2S. The summed E-state index contributed by atoms with van der Waals surface area (Å²) < 4.78 is 1.60. The minimum Gasteiger partial charge on any atom is -0.293 e. The fourth-order valence-corrected chi connectivity index (χ4v) is 4.38. The van der Waals surface area contributed by atoms with Crippen molar-refractivity contribution in [2.24, 2.45) is 0 Å². The number of rotatable bonds is 8. The van der Waals surface area contributed by atoms with E-state index in [2.05, 4.69) is 10.2 Å². The van der Waals surface area contributed by atoms with E-state index in [0.717, 1.165) is 11.1 Å². The zero-order valence-electron chi connectivity index (χ0n) is 16.3. The summed E-state index contributed by atoms with van der Waals surface area (Å²) in [5, 5.41) is 6.75. The highest BCUT2D eigenvalue weighted by molar-refractivity contribution is 8.00. The highest BCUT2D eigenvalue weighted by atomic mass is 32.2. The summed E-state index contributed by atoms with van der Waals surface area (Å²) in [5.41, 5.74) is 2.38. The van der Waals surface area contributed by atoms with Crippen LogP contribution in [0.15, 0.2) is 101 Å². The van der Waals surface area contributed by atoms with Crippen molar-refractivity contribution < 1.29 is 4.79 Å². The van der Waals surface area contributed by atoms with Crippen LogP contribution in [0.3, 0.4) is 0 Å². The van der Waals surface area contributed by atoms with Crippen LogP contribution in [0.5, 0.6) is 0 Å². The van der Waals surface area contributed by atoms with Gasteiger partial charge in [0.15, 0.2) is 10.9 Å². The summed E-state index contributed by atoms with van der Waals surface area (Å²) in [5.74, 6) is -0.0168. The summed E-state index contributed by atoms with van der Waals surface area (Å²) in [6, 6.07) is 28.8. The number of carbonyl (C=O) groups excluding carboxylic acids is 1. The van der Waals surface area contributed by atoms with Gasteiger partial charge in [0.25, 0.3) is 0 Å². The normalized spacial score (nSPS) is 11.9. The van der Waals surface area contributed by atoms with E-state index < -0.39 is 5.25 Å². The fraction of sp³-hybridized carbons (Fsp3) is 0.125. The van der Waals surface area contributed by atoms with Crippen LogP contribution in [0.1, 0.15) is 26.7 Å². The molecule has 0 aliphatic rings. The first-order chi connectivity index (χ1) is 14.7. The van der Waals surface area contributed by atoms with Crippen molar-refractivity contribution in [3.63, 3.8) is 0 Å². The minimum absolute atomic E-state index is 0.0168. The summed E-state index contributed by atoms with van der Waals surface area (Å²) in [6.07, 6.45) is 0.705. The number of thioether (sulfide) groups is 1. The molecule has 1 aromatic heterocycles. The number of Topliss-reactive ketones (excluding diaryl/α,β-unsaturated/α-hetero) is 1. The van der Waals surface area contributed by atoms with Crippen LogP contribution in [-0.4, -0.2) is 20.5 Å².